The number of halogens is 4. The van der Waals surface area contributed by atoms with E-state index in [0.29, 0.717) is 22.5 Å². The summed E-state index contributed by atoms with van der Waals surface area (Å²) in [5.41, 5.74) is 2.59. The van der Waals surface area contributed by atoms with Gasteiger partial charge in [0.2, 0.25) is 0 Å². The van der Waals surface area contributed by atoms with Gasteiger partial charge < -0.3 is 9.72 Å². The van der Waals surface area contributed by atoms with Gasteiger partial charge in [0.05, 0.1) is 16.3 Å². The van der Waals surface area contributed by atoms with E-state index in [0.717, 1.165) is 17.8 Å². The van der Waals surface area contributed by atoms with Crippen LogP contribution in [0.5, 0.6) is 0 Å². The summed E-state index contributed by atoms with van der Waals surface area (Å²) in [4.78, 5) is 17.1. The van der Waals surface area contributed by atoms with Gasteiger partial charge in [-0.2, -0.15) is 13.2 Å². The zero-order valence-corrected chi connectivity index (χ0v) is 18.9. The Bertz CT molecular complexity index is 1340. The van der Waals surface area contributed by atoms with Crippen LogP contribution in [0.25, 0.3) is 16.9 Å². The minimum Gasteiger partial charge on any atom is -0.322 e. The van der Waals surface area contributed by atoms with E-state index in [4.69, 9.17) is 11.6 Å². The molecule has 0 bridgehead atoms. The number of nitrogens with one attached hydrogen (secondary N) is 1. The molecule has 33 heavy (non-hydrogen) atoms. The molecule has 2 aromatic carbocycles. The maximum Gasteiger partial charge on any atom is 0.417 e. The van der Waals surface area contributed by atoms with E-state index in [9.17, 15) is 18.0 Å². The molecule has 0 aliphatic carbocycles. The molecule has 0 unspecified atom stereocenters. The molecular weight excluding hydrogens is 451 g/mol. The van der Waals surface area contributed by atoms with E-state index in [1.54, 1.807) is 36.4 Å². The SMILES string of the molecule is CC(C)(C)c1ccc(C(=O)Nc2cccc(-c3cn4cc(C(F)(F)F)cc(Cl)c4n3)c2)cc1. The molecule has 4 nitrogen and oxygen atoms in total. The zero-order valence-electron chi connectivity index (χ0n) is 18.2. The average molecular weight is 472 g/mol. The highest BCUT2D eigenvalue weighted by Crippen LogP contribution is 2.33. The molecule has 0 atom stereocenters. The van der Waals surface area contributed by atoms with Crippen molar-refractivity contribution in [2.24, 2.45) is 0 Å². The first-order chi connectivity index (χ1) is 15.4. The Kier molecular flexibility index (Phi) is 5.70. The lowest BCUT2D eigenvalue weighted by Crippen LogP contribution is -2.14. The van der Waals surface area contributed by atoms with Crippen molar-refractivity contribution in [1.29, 1.82) is 0 Å². The minimum atomic E-state index is -4.52. The zero-order chi connectivity index (χ0) is 24.0. The third kappa shape index (κ3) is 4.88. The number of alkyl halides is 3. The predicted octanol–water partition coefficient (Wildman–Crippen LogP) is 7.22. The summed E-state index contributed by atoms with van der Waals surface area (Å²) in [6.45, 7) is 6.30. The summed E-state index contributed by atoms with van der Waals surface area (Å²) >= 11 is 6.04. The van der Waals surface area contributed by atoms with Crippen molar-refractivity contribution in [2.75, 3.05) is 5.32 Å². The van der Waals surface area contributed by atoms with Crippen LogP contribution in [0.2, 0.25) is 5.02 Å². The summed E-state index contributed by atoms with van der Waals surface area (Å²) in [5.74, 6) is -0.263. The summed E-state index contributed by atoms with van der Waals surface area (Å²) < 4.78 is 40.5. The van der Waals surface area contributed by atoms with Crippen LogP contribution in [0.1, 0.15) is 42.3 Å². The smallest absolute Gasteiger partial charge is 0.322 e. The van der Waals surface area contributed by atoms with E-state index >= 15 is 0 Å². The minimum absolute atomic E-state index is 0.0127. The number of amides is 1. The van der Waals surface area contributed by atoms with Crippen molar-refractivity contribution < 1.29 is 18.0 Å². The Balaban J connectivity index is 1.60. The third-order valence-corrected chi connectivity index (χ3v) is 5.54. The number of benzene rings is 2. The molecule has 4 aromatic rings. The molecule has 0 radical (unpaired) electrons. The Morgan fingerprint density at radius 1 is 0.970 bits per heavy atom. The van der Waals surface area contributed by atoms with Crippen LogP contribution in [0, 0.1) is 0 Å². The Labute approximate surface area is 194 Å². The topological polar surface area (TPSA) is 46.4 Å². The largest absolute Gasteiger partial charge is 0.417 e. The first-order valence-electron chi connectivity index (χ1n) is 10.2. The number of pyridine rings is 1. The lowest BCUT2D eigenvalue weighted by molar-refractivity contribution is -0.137. The lowest BCUT2D eigenvalue weighted by atomic mass is 9.87. The molecule has 0 aliphatic rings. The lowest BCUT2D eigenvalue weighted by Gasteiger charge is -2.19. The van der Waals surface area contributed by atoms with E-state index in [2.05, 4.69) is 31.1 Å². The van der Waals surface area contributed by atoms with Crippen LogP contribution < -0.4 is 5.32 Å². The highest BCUT2D eigenvalue weighted by Gasteiger charge is 2.32. The Morgan fingerprint density at radius 2 is 1.67 bits per heavy atom. The molecule has 0 spiro atoms. The number of hydrogen-bond donors (Lipinski definition) is 1. The first-order valence-corrected chi connectivity index (χ1v) is 10.6. The molecule has 1 amide bonds. The molecule has 2 heterocycles. The van der Waals surface area contributed by atoms with Crippen LogP contribution >= 0.6 is 11.6 Å². The maximum absolute atomic E-state index is 13.1. The van der Waals surface area contributed by atoms with Crippen LogP contribution in [0.4, 0.5) is 18.9 Å². The van der Waals surface area contributed by atoms with Crippen LogP contribution in [-0.2, 0) is 11.6 Å². The van der Waals surface area contributed by atoms with Gasteiger partial charge in [-0.1, -0.05) is 56.6 Å². The molecule has 2 aromatic heterocycles. The number of nitrogens with zero attached hydrogens (tertiary/aromatic N) is 2. The van der Waals surface area contributed by atoms with Gasteiger partial charge in [-0.15, -0.1) is 0 Å². The number of anilines is 1. The van der Waals surface area contributed by atoms with Gasteiger partial charge in [-0.05, 0) is 41.3 Å². The van der Waals surface area contributed by atoms with Crippen molar-refractivity contribution in [3.05, 3.63) is 88.7 Å². The monoisotopic (exact) mass is 471 g/mol. The molecular formula is C25H21ClF3N3O. The standard InChI is InChI=1S/C25H21ClF3N3O/c1-24(2,3)17-9-7-15(8-10-17)23(33)30-19-6-4-5-16(11-19)21-14-32-13-18(25(27,28)29)12-20(26)22(32)31-21/h4-14H,1-3H3,(H,30,33). The molecule has 170 valence electrons. The van der Waals surface area contributed by atoms with Gasteiger partial charge in [0.15, 0.2) is 5.65 Å². The van der Waals surface area contributed by atoms with E-state index in [1.807, 2.05) is 12.1 Å². The number of carbonyl (C=O) groups is 1. The van der Waals surface area contributed by atoms with Gasteiger partial charge in [-0.3, -0.25) is 4.79 Å². The number of hydrogen-bond acceptors (Lipinski definition) is 2. The van der Waals surface area contributed by atoms with Crippen molar-refractivity contribution in [1.82, 2.24) is 9.38 Å². The summed E-state index contributed by atoms with van der Waals surface area (Å²) in [7, 11) is 0. The molecule has 0 fully saturated rings. The Morgan fingerprint density at radius 3 is 2.30 bits per heavy atom. The fourth-order valence-corrected chi connectivity index (χ4v) is 3.69. The van der Waals surface area contributed by atoms with Gasteiger partial charge >= 0.3 is 6.18 Å². The van der Waals surface area contributed by atoms with Crippen LogP contribution in [-0.4, -0.2) is 15.3 Å². The van der Waals surface area contributed by atoms with Crippen LogP contribution in [0.3, 0.4) is 0 Å². The highest BCUT2D eigenvalue weighted by atomic mass is 35.5. The fraction of sp³-hybridized carbons (Fsp3) is 0.200. The second-order valence-electron chi connectivity index (χ2n) is 8.79. The molecule has 4 rings (SSSR count). The molecule has 1 N–H and O–H groups in total. The summed E-state index contributed by atoms with van der Waals surface area (Å²) in [6.07, 6.45) is -2.09. The second kappa shape index (κ2) is 8.23. The van der Waals surface area contributed by atoms with Crippen molar-refractivity contribution in [2.45, 2.75) is 32.4 Å². The predicted molar refractivity (Wildman–Crippen MR) is 124 cm³/mol. The third-order valence-electron chi connectivity index (χ3n) is 5.26. The molecule has 8 heteroatoms. The van der Waals surface area contributed by atoms with E-state index in [-0.39, 0.29) is 22.0 Å². The summed E-state index contributed by atoms with van der Waals surface area (Å²) in [5, 5.41) is 2.75. The molecule has 0 saturated heterocycles. The van der Waals surface area contributed by atoms with Crippen molar-refractivity contribution in [3.63, 3.8) is 0 Å². The summed E-state index contributed by atoms with van der Waals surface area (Å²) in [6, 6.07) is 15.2. The van der Waals surface area contributed by atoms with Gasteiger partial charge in [0.1, 0.15) is 0 Å². The van der Waals surface area contributed by atoms with Gasteiger partial charge in [0.25, 0.3) is 5.91 Å². The second-order valence-corrected chi connectivity index (χ2v) is 9.20. The highest BCUT2D eigenvalue weighted by molar-refractivity contribution is 6.33. The number of rotatable bonds is 3. The van der Waals surface area contributed by atoms with Crippen molar-refractivity contribution in [3.8, 4) is 11.3 Å². The molecule has 0 saturated carbocycles. The van der Waals surface area contributed by atoms with Gasteiger partial charge in [0, 0.05) is 29.2 Å². The normalized spacial score (nSPS) is 12.2. The number of fused-ring (bicyclic) bond motifs is 1. The average Bonchev–Trinajstić information content (AvgIpc) is 3.18. The Hall–Kier alpha value is -3.32. The maximum atomic E-state index is 13.1. The molecule has 0 aliphatic heterocycles. The van der Waals surface area contributed by atoms with Crippen molar-refractivity contribution >= 4 is 28.8 Å². The van der Waals surface area contributed by atoms with E-state index in [1.165, 1.54) is 10.6 Å². The van der Waals surface area contributed by atoms with Crippen LogP contribution in [0.15, 0.2) is 67.0 Å². The number of imidazole rings is 1. The van der Waals surface area contributed by atoms with Gasteiger partial charge in [-0.25, -0.2) is 4.98 Å². The number of carbonyl (C=O) groups excluding carboxylic acids is 1. The first kappa shape index (κ1) is 22.9. The number of aromatic nitrogens is 2. The quantitative estimate of drug-likeness (QED) is 0.343. The fourth-order valence-electron chi connectivity index (χ4n) is 3.43. The van der Waals surface area contributed by atoms with E-state index < -0.39 is 11.7 Å².